The first kappa shape index (κ1) is 33.4. The van der Waals surface area contributed by atoms with Crippen molar-refractivity contribution < 1.29 is 31.0 Å². The van der Waals surface area contributed by atoms with Crippen LogP contribution in [0.25, 0.3) is 21.8 Å². The summed E-state index contributed by atoms with van der Waals surface area (Å²) in [5, 5.41) is 2.63. The summed E-state index contributed by atoms with van der Waals surface area (Å²) in [5.41, 5.74) is 6.55. The molecular weight excluding hydrogens is 680 g/mol. The summed E-state index contributed by atoms with van der Waals surface area (Å²) < 4.78 is 18.8. The molecule has 50 heavy (non-hydrogen) atoms. The number of allylic oxidation sites excluding steroid dienone is 2. The highest BCUT2D eigenvalue weighted by Crippen LogP contribution is 2.71. The van der Waals surface area contributed by atoms with Gasteiger partial charge in [0.2, 0.25) is 6.33 Å². The van der Waals surface area contributed by atoms with Gasteiger partial charge in [-0.1, -0.05) is 87.9 Å². The quantitative estimate of drug-likeness (QED) is 0.167. The Bertz CT molecular complexity index is 1960. The van der Waals surface area contributed by atoms with Crippen molar-refractivity contribution in [3.05, 3.63) is 90.3 Å². The fraction of sp³-hybridized carbons (Fsp3) is 0.578. The summed E-state index contributed by atoms with van der Waals surface area (Å²) in [6.07, 6.45) is 16.9. The van der Waals surface area contributed by atoms with Gasteiger partial charge in [-0.2, -0.15) is 0 Å². The number of para-hydroxylation sites is 2. The first-order chi connectivity index (χ1) is 23.8. The predicted octanol–water partition coefficient (Wildman–Crippen LogP) is 7.04. The topological polar surface area (TPSA) is 27.3 Å². The molecule has 4 nitrogen and oxygen atoms in total. The molecule has 3 aromatic carbocycles. The first-order valence-corrected chi connectivity index (χ1v) is 19.7. The summed E-state index contributed by atoms with van der Waals surface area (Å²) in [5.74, 6) is 3.87. The SMILES string of the molecule is C[C@@H]1CC[C@@]2(OC1)O[C@H]1C[C@H]3[C@@H]4CC=C5C[C@H](n6c[n+](Cc7ccc8ccccc8c7)c7ccccc76)CC[C@]5(C)[C@H]4CC[C@]3(C)[C@H]1[C@@H]2C.[Br-]. The molecule has 2 saturated heterocycles. The monoisotopic (exact) mass is 734 g/mol. The molecule has 2 aliphatic heterocycles. The third kappa shape index (κ3) is 4.84. The minimum atomic E-state index is -0.313. The Hall–Kier alpha value is -2.47. The van der Waals surface area contributed by atoms with E-state index in [4.69, 9.17) is 9.47 Å². The number of aromatic nitrogens is 2. The Morgan fingerprint density at radius 1 is 0.880 bits per heavy atom. The summed E-state index contributed by atoms with van der Waals surface area (Å²) in [6, 6.07) is 25.3. The van der Waals surface area contributed by atoms with Crippen LogP contribution in [0, 0.1) is 46.3 Å². The molecule has 0 radical (unpaired) electrons. The number of benzene rings is 3. The van der Waals surface area contributed by atoms with Gasteiger partial charge in [-0.05, 0) is 120 Å². The second kappa shape index (κ2) is 12.0. The Labute approximate surface area is 309 Å². The second-order valence-corrected chi connectivity index (χ2v) is 18.0. The zero-order valence-corrected chi connectivity index (χ0v) is 32.1. The Morgan fingerprint density at radius 2 is 1.70 bits per heavy atom. The van der Waals surface area contributed by atoms with Gasteiger partial charge >= 0.3 is 0 Å². The highest BCUT2D eigenvalue weighted by atomic mass is 79.9. The van der Waals surface area contributed by atoms with E-state index in [0.29, 0.717) is 40.7 Å². The van der Waals surface area contributed by atoms with E-state index in [0.717, 1.165) is 37.3 Å². The Kier molecular flexibility index (Phi) is 8.03. The number of halogens is 1. The van der Waals surface area contributed by atoms with Crippen LogP contribution < -0.4 is 21.5 Å². The number of hydrogen-bond acceptors (Lipinski definition) is 2. The van der Waals surface area contributed by atoms with Crippen LogP contribution in [0.4, 0.5) is 0 Å². The van der Waals surface area contributed by atoms with Gasteiger partial charge in [0, 0.05) is 18.8 Å². The van der Waals surface area contributed by atoms with Gasteiger partial charge in [0.05, 0.1) is 12.7 Å². The van der Waals surface area contributed by atoms with Crippen molar-refractivity contribution in [1.82, 2.24) is 4.57 Å². The molecule has 3 saturated carbocycles. The van der Waals surface area contributed by atoms with E-state index in [1.165, 1.54) is 78.7 Å². The first-order valence-electron chi connectivity index (χ1n) is 19.7. The van der Waals surface area contributed by atoms with E-state index in [1.54, 1.807) is 5.57 Å². The Balaban J connectivity index is 0.00000336. The molecule has 5 fully saturated rings. The highest BCUT2D eigenvalue weighted by molar-refractivity contribution is 5.83. The summed E-state index contributed by atoms with van der Waals surface area (Å²) >= 11 is 0. The molecular formula is C45H55BrN2O2. The average molecular weight is 736 g/mol. The van der Waals surface area contributed by atoms with Crippen molar-refractivity contribution in [2.24, 2.45) is 46.3 Å². The zero-order chi connectivity index (χ0) is 33.1. The predicted molar refractivity (Wildman–Crippen MR) is 196 cm³/mol. The maximum absolute atomic E-state index is 7.06. The van der Waals surface area contributed by atoms with Crippen LogP contribution in [0.5, 0.6) is 0 Å². The van der Waals surface area contributed by atoms with Crippen molar-refractivity contribution in [2.45, 2.75) is 110 Å². The highest BCUT2D eigenvalue weighted by Gasteiger charge is 2.68. The number of hydrogen-bond donors (Lipinski definition) is 0. The van der Waals surface area contributed by atoms with E-state index < -0.39 is 0 Å². The molecule has 11 atom stereocenters. The normalized spacial score (nSPS) is 40.5. The van der Waals surface area contributed by atoms with E-state index in [9.17, 15) is 0 Å². The molecule has 5 heteroatoms. The van der Waals surface area contributed by atoms with Crippen LogP contribution >= 0.6 is 0 Å². The number of imidazole rings is 1. The third-order valence-corrected chi connectivity index (χ3v) is 15.6. The van der Waals surface area contributed by atoms with Crippen LogP contribution in [-0.4, -0.2) is 23.1 Å². The largest absolute Gasteiger partial charge is 1.00 e. The molecule has 264 valence electrons. The van der Waals surface area contributed by atoms with Gasteiger partial charge in [0.1, 0.15) is 12.6 Å². The lowest BCUT2D eigenvalue weighted by Crippen LogP contribution is -3.00. The number of fused-ring (bicyclic) bond motifs is 9. The van der Waals surface area contributed by atoms with Crippen LogP contribution in [0.2, 0.25) is 0 Å². The molecule has 6 aliphatic rings. The maximum Gasteiger partial charge on any atom is 0.245 e. The zero-order valence-electron chi connectivity index (χ0n) is 30.5. The lowest BCUT2D eigenvalue weighted by Gasteiger charge is -2.58. The van der Waals surface area contributed by atoms with Crippen LogP contribution in [0.15, 0.2) is 84.7 Å². The lowest BCUT2D eigenvalue weighted by atomic mass is 9.46. The molecule has 0 N–H and O–H groups in total. The van der Waals surface area contributed by atoms with Crippen LogP contribution in [0.1, 0.15) is 97.1 Å². The summed E-state index contributed by atoms with van der Waals surface area (Å²) in [6.45, 7) is 11.9. The third-order valence-electron chi connectivity index (χ3n) is 15.6. The molecule has 10 rings (SSSR count). The van der Waals surface area contributed by atoms with E-state index in [-0.39, 0.29) is 22.8 Å². The van der Waals surface area contributed by atoms with Crippen molar-refractivity contribution in [3.8, 4) is 0 Å². The molecule has 0 amide bonds. The van der Waals surface area contributed by atoms with Crippen molar-refractivity contribution >= 4 is 21.8 Å². The Morgan fingerprint density at radius 3 is 2.54 bits per heavy atom. The fourth-order valence-corrected chi connectivity index (χ4v) is 13.0. The van der Waals surface area contributed by atoms with Crippen molar-refractivity contribution in [2.75, 3.05) is 6.61 Å². The molecule has 1 spiro atoms. The van der Waals surface area contributed by atoms with Gasteiger partial charge in [-0.3, -0.25) is 0 Å². The average Bonchev–Trinajstić information content (AvgIpc) is 3.72. The number of rotatable bonds is 3. The molecule has 4 aromatic rings. The van der Waals surface area contributed by atoms with Crippen LogP contribution in [-0.2, 0) is 16.0 Å². The van der Waals surface area contributed by atoms with Gasteiger partial charge in [-0.15, -0.1) is 0 Å². The number of ether oxygens (including phenoxy) is 2. The van der Waals surface area contributed by atoms with Crippen LogP contribution in [0.3, 0.4) is 0 Å². The minimum absolute atomic E-state index is 0. The maximum atomic E-state index is 7.06. The second-order valence-electron chi connectivity index (χ2n) is 18.0. The molecule has 0 bridgehead atoms. The molecule has 0 unspecified atom stereocenters. The molecule has 1 aromatic heterocycles. The smallest absolute Gasteiger partial charge is 0.245 e. The summed E-state index contributed by atoms with van der Waals surface area (Å²) in [7, 11) is 0. The van der Waals surface area contributed by atoms with Gasteiger partial charge in [0.25, 0.3) is 0 Å². The molecule has 4 aliphatic carbocycles. The van der Waals surface area contributed by atoms with E-state index in [2.05, 4.69) is 116 Å². The van der Waals surface area contributed by atoms with Crippen molar-refractivity contribution in [3.63, 3.8) is 0 Å². The lowest BCUT2D eigenvalue weighted by molar-refractivity contribution is -0.663. The van der Waals surface area contributed by atoms with E-state index >= 15 is 0 Å². The van der Waals surface area contributed by atoms with Gasteiger partial charge in [-0.25, -0.2) is 9.13 Å². The fourth-order valence-electron chi connectivity index (χ4n) is 13.0. The van der Waals surface area contributed by atoms with Gasteiger partial charge in [0.15, 0.2) is 16.8 Å². The summed E-state index contributed by atoms with van der Waals surface area (Å²) in [4.78, 5) is 0. The van der Waals surface area contributed by atoms with E-state index in [1.807, 2.05) is 0 Å². The van der Waals surface area contributed by atoms with Gasteiger partial charge < -0.3 is 26.5 Å². The molecule has 3 heterocycles. The minimum Gasteiger partial charge on any atom is -1.00 e. The standard InChI is InChI=1S/C45H55N2O2.BrH/c1-29-17-22-45(48-27-29)30(2)42-41(49-45)25-38-36-16-15-34-24-35(18-20-43(34,3)37(36)19-21-44(38,42)4)47-28-46(39-11-7-8-12-40(39)47)26-31-13-14-32-9-5-6-10-33(32)23-31;/h5-15,23,28-30,35-38,41-42H,16-22,24-27H2,1-4H3;1H/q+1;/p-1/t29-,30+,35-,36-,37+,38+,41+,42+,43+,44+,45-;/m1./s1. The number of nitrogens with zero attached hydrogens (tertiary/aromatic N) is 2. The van der Waals surface area contributed by atoms with Crippen molar-refractivity contribution in [1.29, 1.82) is 0 Å².